The first-order valence-corrected chi connectivity index (χ1v) is 7.26. The first kappa shape index (κ1) is 14.0. The molecule has 0 aliphatic rings. The average Bonchev–Trinajstić information content (AvgIpc) is 2.92. The fourth-order valence-electron chi connectivity index (χ4n) is 1.93. The molecule has 1 aromatic heterocycles. The third-order valence-electron chi connectivity index (χ3n) is 2.96. The van der Waals surface area contributed by atoms with E-state index in [1.54, 1.807) is 36.4 Å². The summed E-state index contributed by atoms with van der Waals surface area (Å²) in [6, 6.07) is 11.5. The molecule has 0 spiro atoms. The SMILES string of the molecule is Oc1ccc(I)cc1-c1nc(Cc2ccccc2F)no1. The second-order valence-corrected chi connectivity index (χ2v) is 5.69. The quantitative estimate of drug-likeness (QED) is 0.685. The largest absolute Gasteiger partial charge is 0.507 e. The molecule has 1 heterocycles. The first-order valence-electron chi connectivity index (χ1n) is 6.18. The van der Waals surface area contributed by atoms with E-state index in [0.717, 1.165) is 3.57 Å². The van der Waals surface area contributed by atoms with Gasteiger partial charge in [-0.25, -0.2) is 4.39 Å². The predicted molar refractivity (Wildman–Crippen MR) is 83.3 cm³/mol. The van der Waals surface area contributed by atoms with E-state index >= 15 is 0 Å². The van der Waals surface area contributed by atoms with Gasteiger partial charge in [-0.05, 0) is 52.4 Å². The van der Waals surface area contributed by atoms with Crippen LogP contribution in [0.3, 0.4) is 0 Å². The molecule has 0 radical (unpaired) electrons. The van der Waals surface area contributed by atoms with Crippen LogP contribution >= 0.6 is 22.6 Å². The molecule has 6 heteroatoms. The standard InChI is InChI=1S/C15H10FIN2O2/c16-12-4-2-1-3-9(12)7-14-18-15(21-19-14)11-8-10(17)5-6-13(11)20/h1-6,8,20H,7H2. The van der Waals surface area contributed by atoms with Crippen molar-refractivity contribution in [3.8, 4) is 17.2 Å². The first-order chi connectivity index (χ1) is 10.1. The number of phenolic OH excluding ortho intramolecular Hbond substituents is 1. The summed E-state index contributed by atoms with van der Waals surface area (Å²) in [7, 11) is 0. The molecule has 2 aromatic carbocycles. The van der Waals surface area contributed by atoms with Gasteiger partial charge in [0.15, 0.2) is 5.82 Å². The molecule has 0 bridgehead atoms. The molecule has 0 atom stereocenters. The number of benzene rings is 2. The van der Waals surface area contributed by atoms with E-state index in [0.29, 0.717) is 17.0 Å². The Morgan fingerprint density at radius 2 is 2.00 bits per heavy atom. The highest BCUT2D eigenvalue weighted by molar-refractivity contribution is 14.1. The van der Waals surface area contributed by atoms with E-state index in [1.807, 2.05) is 0 Å². The summed E-state index contributed by atoms with van der Waals surface area (Å²) in [6.45, 7) is 0. The number of nitrogens with zero attached hydrogens (tertiary/aromatic N) is 2. The van der Waals surface area contributed by atoms with Crippen LogP contribution in [0.15, 0.2) is 47.0 Å². The van der Waals surface area contributed by atoms with Crippen molar-refractivity contribution in [2.45, 2.75) is 6.42 Å². The summed E-state index contributed by atoms with van der Waals surface area (Å²) in [5, 5.41) is 13.7. The summed E-state index contributed by atoms with van der Waals surface area (Å²) in [5.74, 6) is 0.350. The van der Waals surface area contributed by atoms with Crippen LogP contribution in [0.2, 0.25) is 0 Å². The molecule has 21 heavy (non-hydrogen) atoms. The summed E-state index contributed by atoms with van der Waals surface area (Å²) in [4.78, 5) is 4.21. The van der Waals surface area contributed by atoms with E-state index in [2.05, 4.69) is 32.7 Å². The topological polar surface area (TPSA) is 59.2 Å². The Morgan fingerprint density at radius 3 is 2.81 bits per heavy atom. The number of halogens is 2. The van der Waals surface area contributed by atoms with Gasteiger partial charge in [-0.15, -0.1) is 0 Å². The zero-order valence-corrected chi connectivity index (χ0v) is 12.9. The van der Waals surface area contributed by atoms with Crippen LogP contribution in [0.4, 0.5) is 4.39 Å². The van der Waals surface area contributed by atoms with E-state index in [-0.39, 0.29) is 23.9 Å². The second kappa shape index (κ2) is 5.80. The van der Waals surface area contributed by atoms with Crippen molar-refractivity contribution in [2.24, 2.45) is 0 Å². The zero-order chi connectivity index (χ0) is 14.8. The normalized spacial score (nSPS) is 10.8. The highest BCUT2D eigenvalue weighted by Crippen LogP contribution is 2.29. The van der Waals surface area contributed by atoms with Gasteiger partial charge in [-0.1, -0.05) is 23.4 Å². The maximum Gasteiger partial charge on any atom is 0.261 e. The Morgan fingerprint density at radius 1 is 1.19 bits per heavy atom. The molecular weight excluding hydrogens is 386 g/mol. The Balaban J connectivity index is 1.90. The van der Waals surface area contributed by atoms with Crippen LogP contribution in [0.1, 0.15) is 11.4 Å². The van der Waals surface area contributed by atoms with Gasteiger partial charge in [-0.3, -0.25) is 0 Å². The molecule has 0 saturated carbocycles. The lowest BCUT2D eigenvalue weighted by molar-refractivity contribution is 0.418. The fourth-order valence-corrected chi connectivity index (χ4v) is 2.42. The lowest BCUT2D eigenvalue weighted by atomic mass is 10.1. The van der Waals surface area contributed by atoms with Crippen LogP contribution in [-0.2, 0) is 6.42 Å². The molecule has 0 amide bonds. The Bertz CT molecular complexity index is 789. The summed E-state index contributed by atoms with van der Waals surface area (Å²) in [5.41, 5.74) is 0.964. The number of hydrogen-bond acceptors (Lipinski definition) is 4. The molecule has 4 nitrogen and oxygen atoms in total. The molecule has 1 N–H and O–H groups in total. The van der Waals surface area contributed by atoms with Crippen molar-refractivity contribution in [1.82, 2.24) is 10.1 Å². The van der Waals surface area contributed by atoms with Crippen molar-refractivity contribution in [3.05, 3.63) is 63.2 Å². The smallest absolute Gasteiger partial charge is 0.261 e. The third kappa shape index (κ3) is 3.05. The number of rotatable bonds is 3. The van der Waals surface area contributed by atoms with Crippen LogP contribution in [-0.4, -0.2) is 15.2 Å². The molecule has 0 aliphatic carbocycles. The number of aromatic nitrogens is 2. The summed E-state index contributed by atoms with van der Waals surface area (Å²) >= 11 is 2.13. The fraction of sp³-hybridized carbons (Fsp3) is 0.0667. The van der Waals surface area contributed by atoms with Gasteiger partial charge in [0.2, 0.25) is 0 Å². The summed E-state index contributed by atoms with van der Waals surface area (Å²) in [6.07, 6.45) is 0.237. The predicted octanol–water partition coefficient (Wildman–Crippen LogP) is 3.78. The lowest BCUT2D eigenvalue weighted by Gasteiger charge is -1.99. The van der Waals surface area contributed by atoms with Crippen LogP contribution < -0.4 is 0 Å². The van der Waals surface area contributed by atoms with Gasteiger partial charge in [0.1, 0.15) is 11.6 Å². The van der Waals surface area contributed by atoms with Crippen molar-refractivity contribution in [3.63, 3.8) is 0 Å². The van der Waals surface area contributed by atoms with Gasteiger partial charge in [0, 0.05) is 9.99 Å². The van der Waals surface area contributed by atoms with Crippen LogP contribution in [0.5, 0.6) is 5.75 Å². The maximum absolute atomic E-state index is 13.6. The lowest BCUT2D eigenvalue weighted by Crippen LogP contribution is -1.94. The highest BCUT2D eigenvalue weighted by Gasteiger charge is 2.14. The minimum absolute atomic E-state index is 0.0662. The van der Waals surface area contributed by atoms with E-state index in [1.165, 1.54) is 6.07 Å². The molecular formula is C15H10FIN2O2. The Hall–Kier alpha value is -1.96. The minimum atomic E-state index is -0.305. The number of hydrogen-bond donors (Lipinski definition) is 1. The highest BCUT2D eigenvalue weighted by atomic mass is 127. The average molecular weight is 396 g/mol. The maximum atomic E-state index is 13.6. The molecule has 106 valence electrons. The van der Waals surface area contributed by atoms with E-state index in [4.69, 9.17) is 4.52 Å². The van der Waals surface area contributed by atoms with Crippen LogP contribution in [0, 0.1) is 9.39 Å². The van der Waals surface area contributed by atoms with Gasteiger partial charge in [0.05, 0.1) is 5.56 Å². The number of aromatic hydroxyl groups is 1. The van der Waals surface area contributed by atoms with Crippen molar-refractivity contribution in [1.29, 1.82) is 0 Å². The Labute approximate surface area is 133 Å². The van der Waals surface area contributed by atoms with E-state index in [9.17, 15) is 9.50 Å². The van der Waals surface area contributed by atoms with Gasteiger partial charge in [0.25, 0.3) is 5.89 Å². The number of phenols is 1. The molecule has 0 fully saturated rings. The molecule has 3 aromatic rings. The van der Waals surface area contributed by atoms with Gasteiger partial charge < -0.3 is 9.63 Å². The summed E-state index contributed by atoms with van der Waals surface area (Å²) < 4.78 is 19.7. The van der Waals surface area contributed by atoms with Crippen molar-refractivity contribution >= 4 is 22.6 Å². The second-order valence-electron chi connectivity index (χ2n) is 4.45. The Kier molecular flexibility index (Phi) is 3.87. The van der Waals surface area contributed by atoms with Crippen molar-refractivity contribution in [2.75, 3.05) is 0 Å². The molecule has 0 unspecified atom stereocenters. The van der Waals surface area contributed by atoms with Crippen LogP contribution in [0.25, 0.3) is 11.5 Å². The molecule has 0 aliphatic heterocycles. The minimum Gasteiger partial charge on any atom is -0.507 e. The molecule has 3 rings (SSSR count). The van der Waals surface area contributed by atoms with E-state index < -0.39 is 0 Å². The van der Waals surface area contributed by atoms with Gasteiger partial charge in [-0.2, -0.15) is 4.98 Å². The monoisotopic (exact) mass is 396 g/mol. The third-order valence-corrected chi connectivity index (χ3v) is 3.63. The molecule has 0 saturated heterocycles. The zero-order valence-electron chi connectivity index (χ0n) is 10.8. The van der Waals surface area contributed by atoms with Crippen molar-refractivity contribution < 1.29 is 14.0 Å². The van der Waals surface area contributed by atoms with Gasteiger partial charge >= 0.3 is 0 Å².